The summed E-state index contributed by atoms with van der Waals surface area (Å²) in [5.74, 6) is -1.17. The van der Waals surface area contributed by atoms with Crippen LogP contribution in [0.15, 0.2) is 12.1 Å². The minimum atomic E-state index is -0.606. The number of benzene rings is 1. The van der Waals surface area contributed by atoms with Gasteiger partial charge in [-0.05, 0) is 31.4 Å². The lowest BCUT2D eigenvalue weighted by Crippen LogP contribution is -2.36. The van der Waals surface area contributed by atoms with Crippen LogP contribution in [0, 0.1) is 18.6 Å². The molecule has 2 N–H and O–H groups in total. The molecule has 1 aliphatic carbocycles. The Morgan fingerprint density at radius 1 is 1.24 bits per heavy atom. The normalized spacial score (nSPS) is 24.7. The van der Waals surface area contributed by atoms with Gasteiger partial charge in [-0.15, -0.1) is 0 Å². The number of hydrogen-bond acceptors (Lipinski definition) is 2. The van der Waals surface area contributed by atoms with Crippen molar-refractivity contribution in [1.29, 1.82) is 0 Å². The number of hydrogen-bond donors (Lipinski definition) is 2. The molecule has 1 aliphatic rings. The van der Waals surface area contributed by atoms with Gasteiger partial charge in [0.1, 0.15) is 11.5 Å². The molecular formula is C13H17F2NO. The molecule has 1 saturated carbocycles. The smallest absolute Gasteiger partial charge is 0.152 e. The topological polar surface area (TPSA) is 32.3 Å². The van der Waals surface area contributed by atoms with Gasteiger partial charge in [0, 0.05) is 0 Å². The third-order valence-corrected chi connectivity index (χ3v) is 3.34. The molecule has 4 heteroatoms. The Bertz CT molecular complexity index is 409. The van der Waals surface area contributed by atoms with Crippen LogP contribution >= 0.6 is 0 Å². The first-order valence-electron chi connectivity index (χ1n) is 5.99. The minimum Gasteiger partial charge on any atom is -0.391 e. The van der Waals surface area contributed by atoms with Gasteiger partial charge < -0.3 is 10.4 Å². The minimum absolute atomic E-state index is 0.115. The molecule has 2 atom stereocenters. The van der Waals surface area contributed by atoms with Gasteiger partial charge >= 0.3 is 0 Å². The summed E-state index contributed by atoms with van der Waals surface area (Å²) in [4.78, 5) is 0. The molecule has 0 bridgehead atoms. The first-order valence-corrected chi connectivity index (χ1v) is 5.99. The van der Waals surface area contributed by atoms with E-state index in [9.17, 15) is 13.9 Å². The number of aliphatic hydroxyl groups excluding tert-OH is 1. The quantitative estimate of drug-likeness (QED) is 0.834. The Morgan fingerprint density at radius 2 is 1.94 bits per heavy atom. The van der Waals surface area contributed by atoms with Gasteiger partial charge in [-0.2, -0.15) is 0 Å². The average molecular weight is 241 g/mol. The van der Waals surface area contributed by atoms with Gasteiger partial charge in [0.15, 0.2) is 5.82 Å². The van der Waals surface area contributed by atoms with E-state index in [4.69, 9.17) is 0 Å². The highest BCUT2D eigenvalue weighted by molar-refractivity contribution is 5.49. The third kappa shape index (κ3) is 2.57. The van der Waals surface area contributed by atoms with Crippen LogP contribution in [0.5, 0.6) is 0 Å². The zero-order valence-electron chi connectivity index (χ0n) is 9.84. The molecule has 0 unspecified atom stereocenters. The molecule has 0 spiro atoms. The maximum atomic E-state index is 13.8. The van der Waals surface area contributed by atoms with Crippen LogP contribution in [0.25, 0.3) is 0 Å². The number of aliphatic hydroxyl groups is 1. The zero-order chi connectivity index (χ0) is 12.4. The van der Waals surface area contributed by atoms with Gasteiger partial charge in [-0.25, -0.2) is 8.78 Å². The van der Waals surface area contributed by atoms with Crippen molar-refractivity contribution in [3.63, 3.8) is 0 Å². The van der Waals surface area contributed by atoms with Crippen molar-refractivity contribution in [2.24, 2.45) is 0 Å². The maximum absolute atomic E-state index is 13.8. The lowest BCUT2D eigenvalue weighted by atomic mass is 9.92. The Kier molecular flexibility index (Phi) is 3.62. The molecule has 0 saturated heterocycles. The summed E-state index contributed by atoms with van der Waals surface area (Å²) < 4.78 is 27.3. The van der Waals surface area contributed by atoms with Gasteiger partial charge in [-0.3, -0.25) is 0 Å². The lowest BCUT2D eigenvalue weighted by Gasteiger charge is -2.29. The second-order valence-corrected chi connectivity index (χ2v) is 4.66. The predicted octanol–water partition coefficient (Wildman–Crippen LogP) is 2.99. The number of rotatable bonds is 2. The molecule has 1 aromatic rings. The number of nitrogens with one attached hydrogen (secondary N) is 1. The SMILES string of the molecule is Cc1ccc(F)c(N[C@@H]2CCCC[C@H]2O)c1F. The predicted molar refractivity (Wildman–Crippen MR) is 63.0 cm³/mol. The standard InChI is InChI=1S/C13H17F2NO/c1-8-6-7-9(14)13(12(8)15)16-10-4-2-3-5-11(10)17/h6-7,10-11,16-17H,2-5H2,1H3/t10-,11-/m1/s1. The highest BCUT2D eigenvalue weighted by Gasteiger charge is 2.25. The molecular weight excluding hydrogens is 224 g/mol. The van der Waals surface area contributed by atoms with Crippen molar-refractivity contribution >= 4 is 5.69 Å². The van der Waals surface area contributed by atoms with Crippen molar-refractivity contribution in [3.8, 4) is 0 Å². The van der Waals surface area contributed by atoms with E-state index in [0.717, 1.165) is 19.3 Å². The van der Waals surface area contributed by atoms with Gasteiger partial charge in [-0.1, -0.05) is 18.9 Å². The average Bonchev–Trinajstić information content (AvgIpc) is 2.32. The Labute approximate surface area is 99.7 Å². The van der Waals surface area contributed by atoms with E-state index in [0.29, 0.717) is 12.0 Å². The monoisotopic (exact) mass is 241 g/mol. The van der Waals surface area contributed by atoms with E-state index in [1.807, 2.05) is 0 Å². The fourth-order valence-electron chi connectivity index (χ4n) is 2.25. The van der Waals surface area contributed by atoms with Crippen LogP contribution in [0.1, 0.15) is 31.2 Å². The molecule has 2 rings (SSSR count). The van der Waals surface area contributed by atoms with Crippen molar-refractivity contribution in [1.82, 2.24) is 0 Å². The molecule has 94 valence electrons. The highest BCUT2D eigenvalue weighted by atomic mass is 19.1. The molecule has 17 heavy (non-hydrogen) atoms. The van der Waals surface area contributed by atoms with E-state index in [1.165, 1.54) is 12.1 Å². The summed E-state index contributed by atoms with van der Waals surface area (Å²) in [6, 6.07) is 2.40. The lowest BCUT2D eigenvalue weighted by molar-refractivity contribution is 0.116. The third-order valence-electron chi connectivity index (χ3n) is 3.34. The highest BCUT2D eigenvalue weighted by Crippen LogP contribution is 2.27. The van der Waals surface area contributed by atoms with E-state index in [1.54, 1.807) is 6.92 Å². The van der Waals surface area contributed by atoms with Crippen molar-refractivity contribution < 1.29 is 13.9 Å². The first kappa shape index (κ1) is 12.3. The Balaban J connectivity index is 2.20. The van der Waals surface area contributed by atoms with Crippen LogP contribution in [-0.2, 0) is 0 Å². The van der Waals surface area contributed by atoms with Gasteiger partial charge in [0.2, 0.25) is 0 Å². The van der Waals surface area contributed by atoms with Gasteiger partial charge in [0.05, 0.1) is 12.1 Å². The van der Waals surface area contributed by atoms with E-state index < -0.39 is 17.7 Å². The molecule has 2 nitrogen and oxygen atoms in total. The van der Waals surface area contributed by atoms with Crippen molar-refractivity contribution in [2.75, 3.05) is 5.32 Å². The van der Waals surface area contributed by atoms with E-state index >= 15 is 0 Å². The summed E-state index contributed by atoms with van der Waals surface area (Å²) in [5.41, 5.74) is 0.287. The maximum Gasteiger partial charge on any atom is 0.152 e. The Hall–Kier alpha value is -1.16. The second-order valence-electron chi connectivity index (χ2n) is 4.66. The van der Waals surface area contributed by atoms with Crippen molar-refractivity contribution in [2.45, 2.75) is 44.8 Å². The van der Waals surface area contributed by atoms with Crippen LogP contribution < -0.4 is 5.32 Å². The first-order chi connectivity index (χ1) is 8.09. The molecule has 0 aliphatic heterocycles. The zero-order valence-corrected chi connectivity index (χ0v) is 9.84. The summed E-state index contributed by atoms with van der Waals surface area (Å²) in [6.07, 6.45) is 2.85. The molecule has 1 aromatic carbocycles. The second kappa shape index (κ2) is 5.00. The summed E-state index contributed by atoms with van der Waals surface area (Å²) in [6.45, 7) is 1.59. The molecule has 0 radical (unpaired) electrons. The Morgan fingerprint density at radius 3 is 2.65 bits per heavy atom. The van der Waals surface area contributed by atoms with Gasteiger partial charge in [0.25, 0.3) is 0 Å². The molecule has 0 amide bonds. The number of anilines is 1. The van der Waals surface area contributed by atoms with E-state index in [-0.39, 0.29) is 11.7 Å². The van der Waals surface area contributed by atoms with Crippen LogP contribution in [0.4, 0.5) is 14.5 Å². The fourth-order valence-corrected chi connectivity index (χ4v) is 2.25. The van der Waals surface area contributed by atoms with Crippen LogP contribution in [-0.4, -0.2) is 17.3 Å². The van der Waals surface area contributed by atoms with Crippen LogP contribution in [0.3, 0.4) is 0 Å². The molecule has 0 aromatic heterocycles. The van der Waals surface area contributed by atoms with Crippen LogP contribution in [0.2, 0.25) is 0 Å². The number of aryl methyl sites for hydroxylation is 1. The largest absolute Gasteiger partial charge is 0.391 e. The molecule has 0 heterocycles. The summed E-state index contributed by atoms with van der Waals surface area (Å²) in [5, 5.41) is 12.6. The summed E-state index contributed by atoms with van der Waals surface area (Å²) >= 11 is 0. The van der Waals surface area contributed by atoms with Crippen molar-refractivity contribution in [3.05, 3.63) is 29.3 Å². The number of halogens is 2. The summed E-state index contributed by atoms with van der Waals surface area (Å²) in [7, 11) is 0. The fraction of sp³-hybridized carbons (Fsp3) is 0.538. The van der Waals surface area contributed by atoms with E-state index in [2.05, 4.69) is 5.32 Å². The molecule has 1 fully saturated rings.